The van der Waals surface area contributed by atoms with E-state index in [0.29, 0.717) is 33.8 Å². The van der Waals surface area contributed by atoms with Gasteiger partial charge in [0.2, 0.25) is 5.75 Å². The van der Waals surface area contributed by atoms with E-state index in [-0.39, 0.29) is 5.43 Å². The number of ether oxygens (including phenoxy) is 2. The van der Waals surface area contributed by atoms with Crippen molar-refractivity contribution in [2.75, 3.05) is 32.1 Å². The van der Waals surface area contributed by atoms with Crippen molar-refractivity contribution in [2.24, 2.45) is 5.92 Å². The molecule has 1 aromatic heterocycles. The smallest absolute Gasteiger partial charge is 0.305 e. The van der Waals surface area contributed by atoms with E-state index in [1.807, 2.05) is 72.8 Å². The molecule has 3 aliphatic rings. The lowest BCUT2D eigenvalue weighted by Crippen LogP contribution is -2.47. The number of anilines is 1. The molecule has 0 N–H and O–H groups in total. The summed E-state index contributed by atoms with van der Waals surface area (Å²) in [7, 11) is 4.48. The van der Waals surface area contributed by atoms with E-state index >= 15 is 0 Å². The number of benzene rings is 4. The third-order valence-corrected chi connectivity index (χ3v) is 10.9. The van der Waals surface area contributed by atoms with Gasteiger partial charge in [0.25, 0.3) is 0 Å². The van der Waals surface area contributed by atoms with Crippen molar-refractivity contribution in [2.45, 2.75) is 56.8 Å². The molecule has 6 heteroatoms. The Hall–Kier alpha value is -4.81. The summed E-state index contributed by atoms with van der Waals surface area (Å²) in [5.41, 5.74) is 5.95. The first-order chi connectivity index (χ1) is 23.8. The minimum atomic E-state index is -1.21. The summed E-state index contributed by atoms with van der Waals surface area (Å²) in [5, 5.41) is 0.451. The quantitative estimate of drug-likeness (QED) is 0.111. The maximum Gasteiger partial charge on any atom is 0.305 e. The van der Waals surface area contributed by atoms with Gasteiger partial charge in [0.1, 0.15) is 5.76 Å². The standard InChI is InChI=1S/C43H44N2O4/c1-30-26-31-22-23-42(28-30,29-31)45(3)25-11-10-24-44(2)35-18-16-32(17-19-35)39-27-37(46)36-20-21-38-41(40(36)47-39)49-43(48-38,33-12-6-4-7-13-33)34-14-8-5-9-15-34/h4-9,12-22,27,30H,10-11,23-26,28-29H2,1-3H3. The molecule has 1 saturated carbocycles. The van der Waals surface area contributed by atoms with Crippen LogP contribution in [0, 0.1) is 5.92 Å². The number of hydrogen-bond donors (Lipinski definition) is 0. The fourth-order valence-electron chi connectivity index (χ4n) is 8.30. The second kappa shape index (κ2) is 12.6. The molecule has 0 spiro atoms. The van der Waals surface area contributed by atoms with Gasteiger partial charge in [-0.15, -0.1) is 0 Å². The first-order valence-corrected chi connectivity index (χ1v) is 17.6. The highest BCUT2D eigenvalue weighted by Crippen LogP contribution is 2.51. The Bertz CT molecular complexity index is 2010. The van der Waals surface area contributed by atoms with E-state index < -0.39 is 5.79 Å². The summed E-state index contributed by atoms with van der Waals surface area (Å²) >= 11 is 0. The first-order valence-electron chi connectivity index (χ1n) is 17.6. The van der Waals surface area contributed by atoms with Gasteiger partial charge in [-0.3, -0.25) is 4.79 Å². The topological polar surface area (TPSA) is 55.2 Å². The summed E-state index contributed by atoms with van der Waals surface area (Å²) in [6, 6.07) is 33.1. The minimum Gasteiger partial charge on any atom is -0.452 e. The predicted octanol–water partition coefficient (Wildman–Crippen LogP) is 9.17. The molecule has 2 atom stereocenters. The summed E-state index contributed by atoms with van der Waals surface area (Å²) in [6.45, 7) is 4.53. The van der Waals surface area contributed by atoms with Crippen LogP contribution in [0.15, 0.2) is 124 Å². The monoisotopic (exact) mass is 652 g/mol. The number of hydrogen-bond acceptors (Lipinski definition) is 6. The molecule has 6 nitrogen and oxygen atoms in total. The van der Waals surface area contributed by atoms with Crippen LogP contribution in [0.25, 0.3) is 22.3 Å². The Labute approximate surface area is 288 Å². The zero-order chi connectivity index (χ0) is 33.6. The molecule has 0 radical (unpaired) electrons. The lowest BCUT2D eigenvalue weighted by molar-refractivity contribution is -0.0456. The highest BCUT2D eigenvalue weighted by atomic mass is 16.7. The zero-order valence-electron chi connectivity index (χ0n) is 28.7. The highest BCUT2D eigenvalue weighted by molar-refractivity contribution is 5.87. The molecular formula is C43H44N2O4. The first kappa shape index (κ1) is 31.5. The van der Waals surface area contributed by atoms with Crippen LogP contribution in [-0.2, 0) is 5.79 Å². The van der Waals surface area contributed by atoms with Crippen LogP contribution in [0.5, 0.6) is 11.5 Å². The van der Waals surface area contributed by atoms with Crippen LogP contribution in [0.1, 0.15) is 56.6 Å². The SMILES string of the molecule is CC1CC2=CCC(N(C)CCCCN(C)c3ccc(-c4cc(=O)c5ccc6c(c5o4)OC(c4ccccc4)(c4ccccc4)O6)cc3)(C2)C1. The molecule has 8 rings (SSSR count). The van der Waals surface area contributed by atoms with Gasteiger partial charge < -0.3 is 23.7 Å². The summed E-state index contributed by atoms with van der Waals surface area (Å²) in [6.07, 6.45) is 9.92. The number of unbranched alkanes of at least 4 members (excludes halogenated alkanes) is 1. The molecule has 5 aromatic rings. The third-order valence-electron chi connectivity index (χ3n) is 10.9. The van der Waals surface area contributed by atoms with E-state index in [1.54, 1.807) is 23.8 Å². The van der Waals surface area contributed by atoms with E-state index in [9.17, 15) is 4.79 Å². The van der Waals surface area contributed by atoms with Crippen LogP contribution in [0.3, 0.4) is 0 Å². The van der Waals surface area contributed by atoms with Gasteiger partial charge >= 0.3 is 5.79 Å². The van der Waals surface area contributed by atoms with Gasteiger partial charge in [-0.1, -0.05) is 79.2 Å². The van der Waals surface area contributed by atoms with Crippen LogP contribution in [0.4, 0.5) is 5.69 Å². The molecule has 1 fully saturated rings. The molecular weight excluding hydrogens is 608 g/mol. The Balaban J connectivity index is 0.982. The molecule has 0 saturated heterocycles. The van der Waals surface area contributed by atoms with Crippen molar-refractivity contribution in [1.29, 1.82) is 0 Å². The van der Waals surface area contributed by atoms with Crippen molar-refractivity contribution in [3.8, 4) is 22.8 Å². The van der Waals surface area contributed by atoms with Crippen molar-refractivity contribution >= 4 is 16.7 Å². The van der Waals surface area contributed by atoms with E-state index in [1.165, 1.54) is 32.1 Å². The number of fused-ring (bicyclic) bond motifs is 5. The highest BCUT2D eigenvalue weighted by Gasteiger charge is 2.47. The Kier molecular flexibility index (Phi) is 8.07. The molecule has 0 amide bonds. The van der Waals surface area contributed by atoms with Crippen LogP contribution in [0.2, 0.25) is 0 Å². The number of nitrogens with zero attached hydrogens (tertiary/aromatic N) is 2. The van der Waals surface area contributed by atoms with Crippen LogP contribution < -0.4 is 19.8 Å². The normalized spacial score (nSPS) is 20.5. The van der Waals surface area contributed by atoms with Crippen molar-refractivity contribution < 1.29 is 13.9 Å². The number of rotatable bonds is 10. The van der Waals surface area contributed by atoms with Gasteiger partial charge in [-0.25, -0.2) is 0 Å². The van der Waals surface area contributed by atoms with Gasteiger partial charge in [-0.05, 0) is 94.4 Å². The fraction of sp³-hybridized carbons (Fsp3) is 0.326. The zero-order valence-corrected chi connectivity index (χ0v) is 28.7. The molecule has 49 heavy (non-hydrogen) atoms. The van der Waals surface area contributed by atoms with Gasteiger partial charge in [0.05, 0.1) is 5.39 Å². The molecule has 4 aromatic carbocycles. The van der Waals surface area contributed by atoms with E-state index in [4.69, 9.17) is 13.9 Å². The summed E-state index contributed by atoms with van der Waals surface area (Å²) in [4.78, 5) is 18.4. The van der Waals surface area contributed by atoms with E-state index in [0.717, 1.165) is 47.8 Å². The second-order valence-corrected chi connectivity index (χ2v) is 14.4. The summed E-state index contributed by atoms with van der Waals surface area (Å²) < 4.78 is 19.8. The average Bonchev–Trinajstić information content (AvgIpc) is 3.69. The molecule has 2 heterocycles. The Morgan fingerprint density at radius 1 is 0.816 bits per heavy atom. The fourth-order valence-corrected chi connectivity index (χ4v) is 8.30. The van der Waals surface area contributed by atoms with E-state index in [2.05, 4.69) is 49.0 Å². The Morgan fingerprint density at radius 2 is 1.51 bits per heavy atom. The second-order valence-electron chi connectivity index (χ2n) is 14.4. The minimum absolute atomic E-state index is 0.127. The van der Waals surface area contributed by atoms with Crippen LogP contribution in [-0.4, -0.2) is 37.6 Å². The average molecular weight is 653 g/mol. The predicted molar refractivity (Wildman–Crippen MR) is 196 cm³/mol. The summed E-state index contributed by atoms with van der Waals surface area (Å²) in [5.74, 6) is 1.03. The molecule has 1 aliphatic heterocycles. The Morgan fingerprint density at radius 3 is 2.22 bits per heavy atom. The maximum absolute atomic E-state index is 13.4. The van der Waals surface area contributed by atoms with Crippen molar-refractivity contribution in [3.63, 3.8) is 0 Å². The maximum atomic E-state index is 13.4. The van der Waals surface area contributed by atoms with Gasteiger partial charge in [-0.2, -0.15) is 0 Å². The molecule has 2 bridgehead atoms. The lowest BCUT2D eigenvalue weighted by Gasteiger charge is -2.44. The largest absolute Gasteiger partial charge is 0.452 e. The molecule has 2 unspecified atom stereocenters. The van der Waals surface area contributed by atoms with Crippen molar-refractivity contribution in [3.05, 3.63) is 136 Å². The third kappa shape index (κ3) is 5.72. The van der Waals surface area contributed by atoms with Gasteiger partial charge in [0, 0.05) is 47.6 Å². The molecule has 2 aliphatic carbocycles. The molecule has 250 valence electrons. The lowest BCUT2D eigenvalue weighted by atomic mass is 9.76. The van der Waals surface area contributed by atoms with Crippen molar-refractivity contribution in [1.82, 2.24) is 4.90 Å². The van der Waals surface area contributed by atoms with Crippen LogP contribution >= 0.6 is 0 Å². The van der Waals surface area contributed by atoms with Gasteiger partial charge in [0.15, 0.2) is 16.8 Å².